The summed E-state index contributed by atoms with van der Waals surface area (Å²) in [6, 6.07) is 4.05. The van der Waals surface area contributed by atoms with Crippen LogP contribution in [0.2, 0.25) is 0 Å². The minimum atomic E-state index is 0.141. The lowest BCUT2D eigenvalue weighted by atomic mass is 9.93. The van der Waals surface area contributed by atoms with Crippen molar-refractivity contribution in [1.29, 1.82) is 0 Å². The lowest BCUT2D eigenvalue weighted by molar-refractivity contribution is 0.212. The van der Waals surface area contributed by atoms with E-state index in [2.05, 4.69) is 47.4 Å². The van der Waals surface area contributed by atoms with Crippen LogP contribution in [0, 0.1) is 17.1 Å². The van der Waals surface area contributed by atoms with Crippen molar-refractivity contribution in [2.45, 2.75) is 27.3 Å². The third-order valence-corrected chi connectivity index (χ3v) is 3.41. The van der Waals surface area contributed by atoms with Gasteiger partial charge in [0.1, 0.15) is 0 Å². The molecule has 0 aliphatic carbocycles. The molecule has 0 fully saturated rings. The molecular formula is C14H22N4S. The first-order chi connectivity index (χ1) is 8.78. The number of nitrogens with one attached hydrogen (secondary N) is 1. The van der Waals surface area contributed by atoms with Crippen LogP contribution in [0.1, 0.15) is 19.5 Å². The molecule has 0 amide bonds. The van der Waals surface area contributed by atoms with Crippen LogP contribution in [0.4, 0.5) is 0 Å². The Labute approximate surface area is 119 Å². The topological polar surface area (TPSA) is 36.9 Å². The number of hydrogen-bond donors (Lipinski definition) is 1. The Balaban J connectivity index is 2.42. The summed E-state index contributed by atoms with van der Waals surface area (Å²) >= 11 is 5.43. The van der Waals surface area contributed by atoms with Gasteiger partial charge in [0.05, 0.1) is 5.52 Å². The molecule has 0 saturated heterocycles. The zero-order valence-electron chi connectivity index (χ0n) is 12.3. The third kappa shape index (κ3) is 3.22. The summed E-state index contributed by atoms with van der Waals surface area (Å²) < 4.78 is 2.86. The molecule has 104 valence electrons. The molecule has 0 aliphatic rings. The van der Waals surface area contributed by atoms with E-state index in [1.165, 1.54) is 0 Å². The average Bonchev–Trinajstić information content (AvgIpc) is 2.53. The predicted molar refractivity (Wildman–Crippen MR) is 82.0 cm³/mol. The fourth-order valence-electron chi connectivity index (χ4n) is 2.61. The van der Waals surface area contributed by atoms with Gasteiger partial charge >= 0.3 is 0 Å². The summed E-state index contributed by atoms with van der Waals surface area (Å²) in [7, 11) is 4.19. The first kappa shape index (κ1) is 14.2. The molecule has 0 saturated carbocycles. The number of H-pyrrole nitrogens is 1. The predicted octanol–water partition coefficient (Wildman–Crippen LogP) is 2.99. The molecule has 0 aromatic carbocycles. The van der Waals surface area contributed by atoms with Gasteiger partial charge in [-0.15, -0.1) is 0 Å². The normalized spacial score (nSPS) is 12.5. The molecule has 0 atom stereocenters. The monoisotopic (exact) mass is 278 g/mol. The quantitative estimate of drug-likeness (QED) is 0.874. The van der Waals surface area contributed by atoms with Crippen LogP contribution in [0.3, 0.4) is 0 Å². The van der Waals surface area contributed by atoms with Gasteiger partial charge in [-0.3, -0.25) is 0 Å². The Morgan fingerprint density at radius 1 is 1.37 bits per heavy atom. The van der Waals surface area contributed by atoms with Crippen molar-refractivity contribution in [3.63, 3.8) is 0 Å². The van der Waals surface area contributed by atoms with Gasteiger partial charge in [-0.2, -0.15) is 0 Å². The van der Waals surface area contributed by atoms with E-state index >= 15 is 0 Å². The Bertz CT molecular complexity index is 636. The van der Waals surface area contributed by atoms with Crippen LogP contribution in [0.5, 0.6) is 0 Å². The molecular weight excluding hydrogens is 256 g/mol. The van der Waals surface area contributed by atoms with E-state index in [9.17, 15) is 0 Å². The number of aryl methyl sites for hydroxylation is 1. The summed E-state index contributed by atoms with van der Waals surface area (Å²) in [5.41, 5.74) is 3.12. The molecule has 2 rings (SSSR count). The molecule has 1 N–H and O–H groups in total. The largest absolute Gasteiger partial charge is 0.329 e. The van der Waals surface area contributed by atoms with Gasteiger partial charge in [0.25, 0.3) is 0 Å². The number of pyridine rings is 1. The minimum absolute atomic E-state index is 0.141. The Morgan fingerprint density at radius 3 is 2.68 bits per heavy atom. The number of imidazole rings is 1. The van der Waals surface area contributed by atoms with Gasteiger partial charge < -0.3 is 14.5 Å². The standard InChI is InChI=1S/C14H22N4S/c1-10-6-7-11-12(15-10)18(13(19)16-11)9-14(2,3)8-17(4)5/h6-7H,8-9H2,1-5H3,(H,16,19). The van der Waals surface area contributed by atoms with Crippen molar-refractivity contribution in [3.05, 3.63) is 22.6 Å². The van der Waals surface area contributed by atoms with E-state index < -0.39 is 0 Å². The maximum absolute atomic E-state index is 5.43. The van der Waals surface area contributed by atoms with Crippen molar-refractivity contribution in [2.75, 3.05) is 20.6 Å². The summed E-state index contributed by atoms with van der Waals surface area (Å²) in [4.78, 5) is 10.0. The second-order valence-electron chi connectivity index (χ2n) is 6.24. The molecule has 0 radical (unpaired) electrons. The molecule has 4 nitrogen and oxygen atoms in total. The highest BCUT2D eigenvalue weighted by molar-refractivity contribution is 7.71. The van der Waals surface area contributed by atoms with Crippen LogP contribution >= 0.6 is 12.2 Å². The first-order valence-electron chi connectivity index (χ1n) is 6.49. The van der Waals surface area contributed by atoms with Gasteiger partial charge in [-0.25, -0.2) is 4.98 Å². The molecule has 0 spiro atoms. The smallest absolute Gasteiger partial charge is 0.179 e. The van der Waals surface area contributed by atoms with Crippen LogP contribution in [0.25, 0.3) is 11.2 Å². The Hall–Kier alpha value is -1.20. The second kappa shape index (κ2) is 5.06. The van der Waals surface area contributed by atoms with Crippen LogP contribution in [-0.2, 0) is 6.54 Å². The summed E-state index contributed by atoms with van der Waals surface area (Å²) in [6.07, 6.45) is 0. The zero-order valence-corrected chi connectivity index (χ0v) is 13.1. The number of fused-ring (bicyclic) bond motifs is 1. The molecule has 0 aliphatic heterocycles. The van der Waals surface area contributed by atoms with E-state index in [0.717, 1.165) is 34.7 Å². The van der Waals surface area contributed by atoms with E-state index in [1.807, 2.05) is 19.1 Å². The second-order valence-corrected chi connectivity index (χ2v) is 6.63. The van der Waals surface area contributed by atoms with Crippen LogP contribution < -0.4 is 0 Å². The summed E-state index contributed by atoms with van der Waals surface area (Å²) in [5.74, 6) is 0. The molecule has 2 aromatic rings. The minimum Gasteiger partial charge on any atom is -0.329 e. The van der Waals surface area contributed by atoms with E-state index in [0.29, 0.717) is 0 Å². The van der Waals surface area contributed by atoms with Gasteiger partial charge in [0.15, 0.2) is 10.4 Å². The molecule has 0 bridgehead atoms. The van der Waals surface area contributed by atoms with Gasteiger partial charge in [0.2, 0.25) is 0 Å². The highest BCUT2D eigenvalue weighted by Gasteiger charge is 2.21. The summed E-state index contributed by atoms with van der Waals surface area (Å²) in [6.45, 7) is 8.38. The highest BCUT2D eigenvalue weighted by Crippen LogP contribution is 2.22. The SMILES string of the molecule is Cc1ccc2[nH]c(=S)n(CC(C)(C)CN(C)C)c2n1. The number of rotatable bonds is 4. The van der Waals surface area contributed by atoms with Crippen LogP contribution in [0.15, 0.2) is 12.1 Å². The van der Waals surface area contributed by atoms with Crippen molar-refractivity contribution in [1.82, 2.24) is 19.4 Å². The van der Waals surface area contributed by atoms with Crippen molar-refractivity contribution in [3.8, 4) is 0 Å². The first-order valence-corrected chi connectivity index (χ1v) is 6.90. The number of nitrogens with zero attached hydrogens (tertiary/aromatic N) is 3. The third-order valence-electron chi connectivity index (χ3n) is 3.09. The van der Waals surface area contributed by atoms with Crippen molar-refractivity contribution < 1.29 is 0 Å². The van der Waals surface area contributed by atoms with Crippen molar-refractivity contribution in [2.24, 2.45) is 5.41 Å². The van der Waals surface area contributed by atoms with E-state index in [-0.39, 0.29) is 5.41 Å². The lowest BCUT2D eigenvalue weighted by Crippen LogP contribution is -2.32. The zero-order chi connectivity index (χ0) is 14.2. The lowest BCUT2D eigenvalue weighted by Gasteiger charge is -2.28. The maximum atomic E-state index is 5.43. The molecule has 0 unspecified atom stereocenters. The number of hydrogen-bond acceptors (Lipinski definition) is 3. The Morgan fingerprint density at radius 2 is 2.05 bits per heavy atom. The van der Waals surface area contributed by atoms with E-state index in [4.69, 9.17) is 12.2 Å². The van der Waals surface area contributed by atoms with Gasteiger partial charge in [0, 0.05) is 18.8 Å². The maximum Gasteiger partial charge on any atom is 0.179 e. The van der Waals surface area contributed by atoms with Gasteiger partial charge in [-0.1, -0.05) is 13.8 Å². The highest BCUT2D eigenvalue weighted by atomic mass is 32.1. The van der Waals surface area contributed by atoms with Crippen LogP contribution in [-0.4, -0.2) is 40.1 Å². The summed E-state index contributed by atoms with van der Waals surface area (Å²) in [5, 5.41) is 0. The number of aromatic nitrogens is 3. The number of aromatic amines is 1. The molecule has 2 heterocycles. The molecule has 2 aromatic heterocycles. The Kier molecular flexibility index (Phi) is 3.78. The molecule has 19 heavy (non-hydrogen) atoms. The van der Waals surface area contributed by atoms with Gasteiger partial charge in [-0.05, 0) is 50.8 Å². The average molecular weight is 278 g/mol. The van der Waals surface area contributed by atoms with Crippen molar-refractivity contribution >= 4 is 23.4 Å². The molecule has 5 heteroatoms. The van der Waals surface area contributed by atoms with E-state index in [1.54, 1.807) is 0 Å². The fraction of sp³-hybridized carbons (Fsp3) is 0.571. The fourth-order valence-corrected chi connectivity index (χ4v) is 2.87.